The molecule has 2 rings (SSSR count). The predicted molar refractivity (Wildman–Crippen MR) is 73.8 cm³/mol. The topological polar surface area (TPSA) is 33.1 Å². The molecular weight excluding hydrogens is 265 g/mol. The highest BCUT2D eigenvalue weighted by Crippen LogP contribution is 2.24. The van der Waals surface area contributed by atoms with E-state index in [0.29, 0.717) is 5.56 Å². The van der Waals surface area contributed by atoms with Gasteiger partial charge in [0.05, 0.1) is 11.1 Å². The maximum absolute atomic E-state index is 13.8. The van der Waals surface area contributed by atoms with Crippen LogP contribution in [-0.2, 0) is 6.42 Å². The van der Waals surface area contributed by atoms with Crippen LogP contribution < -0.4 is 0 Å². The lowest BCUT2D eigenvalue weighted by molar-refractivity contribution is 0.177. The summed E-state index contributed by atoms with van der Waals surface area (Å²) in [5, 5.41) is 10.3. The Balaban J connectivity index is 2.25. The van der Waals surface area contributed by atoms with Crippen LogP contribution in [0.25, 0.3) is 0 Å². The minimum atomic E-state index is -0.770. The van der Waals surface area contributed by atoms with Crippen molar-refractivity contribution in [1.82, 2.24) is 4.98 Å². The molecule has 1 aromatic heterocycles. The zero-order valence-corrected chi connectivity index (χ0v) is 11.6. The molecule has 1 unspecified atom stereocenters. The number of hydrogen-bond donors (Lipinski definition) is 1. The van der Waals surface area contributed by atoms with Gasteiger partial charge in [-0.2, -0.15) is 0 Å². The highest BCUT2D eigenvalue weighted by Gasteiger charge is 2.14. The number of hydrogen-bond acceptors (Lipinski definition) is 2. The number of nitrogens with zero attached hydrogens (tertiary/aromatic N) is 1. The van der Waals surface area contributed by atoms with Crippen LogP contribution in [0.2, 0.25) is 5.02 Å². The lowest BCUT2D eigenvalue weighted by atomic mass is 10.0. The van der Waals surface area contributed by atoms with Crippen molar-refractivity contribution in [2.75, 3.05) is 0 Å². The fraction of sp³-hybridized carbons (Fsp3) is 0.267. The van der Waals surface area contributed by atoms with Gasteiger partial charge in [-0.25, -0.2) is 4.39 Å². The predicted octanol–water partition coefficient (Wildman–Crippen LogP) is 3.77. The summed E-state index contributed by atoms with van der Waals surface area (Å²) in [6.07, 6.45) is -0.580. The highest BCUT2D eigenvalue weighted by molar-refractivity contribution is 6.30. The third-order valence-corrected chi connectivity index (χ3v) is 3.23. The first-order valence-corrected chi connectivity index (χ1v) is 6.41. The lowest BCUT2D eigenvalue weighted by Crippen LogP contribution is -2.05. The average molecular weight is 280 g/mol. The summed E-state index contributed by atoms with van der Waals surface area (Å²) in [7, 11) is 0. The Bertz CT molecular complexity index is 580. The van der Waals surface area contributed by atoms with Crippen molar-refractivity contribution in [2.24, 2.45) is 0 Å². The lowest BCUT2D eigenvalue weighted by Gasteiger charge is -2.13. The van der Waals surface area contributed by atoms with Crippen LogP contribution in [-0.4, -0.2) is 10.1 Å². The van der Waals surface area contributed by atoms with Crippen LogP contribution in [0.1, 0.15) is 28.6 Å². The molecule has 1 heterocycles. The molecule has 0 amide bonds. The number of aromatic nitrogens is 1. The number of pyridine rings is 1. The molecule has 0 aliphatic carbocycles. The van der Waals surface area contributed by atoms with E-state index >= 15 is 0 Å². The summed E-state index contributed by atoms with van der Waals surface area (Å²) in [5.41, 5.74) is 2.82. The third-order valence-electron chi connectivity index (χ3n) is 2.93. The van der Waals surface area contributed by atoms with E-state index in [1.807, 2.05) is 13.8 Å². The highest BCUT2D eigenvalue weighted by atomic mass is 35.5. The SMILES string of the molecule is Cc1cc(C(O)Cc2cccc(Cl)c2F)cc(C)n1. The van der Waals surface area contributed by atoms with Crippen molar-refractivity contribution in [1.29, 1.82) is 0 Å². The zero-order valence-electron chi connectivity index (χ0n) is 10.8. The van der Waals surface area contributed by atoms with Gasteiger partial charge in [0, 0.05) is 17.8 Å². The van der Waals surface area contributed by atoms with E-state index in [4.69, 9.17) is 11.6 Å². The molecular formula is C15H15ClFNO. The Kier molecular flexibility index (Phi) is 4.17. The van der Waals surface area contributed by atoms with Crippen LogP contribution in [0, 0.1) is 19.7 Å². The molecule has 1 atom stereocenters. The molecule has 2 nitrogen and oxygen atoms in total. The van der Waals surface area contributed by atoms with E-state index in [1.165, 1.54) is 6.07 Å². The molecule has 2 aromatic rings. The van der Waals surface area contributed by atoms with E-state index in [2.05, 4.69) is 4.98 Å². The summed E-state index contributed by atoms with van der Waals surface area (Å²) in [6, 6.07) is 8.41. The normalized spacial score (nSPS) is 12.5. The van der Waals surface area contributed by atoms with Crippen molar-refractivity contribution >= 4 is 11.6 Å². The Morgan fingerprint density at radius 3 is 2.53 bits per heavy atom. The number of rotatable bonds is 3. The summed E-state index contributed by atoms with van der Waals surface area (Å²) >= 11 is 5.73. The number of halogens is 2. The number of aliphatic hydroxyl groups is 1. The summed E-state index contributed by atoms with van der Waals surface area (Å²) in [4.78, 5) is 4.25. The van der Waals surface area contributed by atoms with Gasteiger partial charge in [0.15, 0.2) is 0 Å². The molecule has 1 aromatic carbocycles. The first-order valence-electron chi connectivity index (χ1n) is 6.03. The van der Waals surface area contributed by atoms with E-state index in [9.17, 15) is 9.50 Å². The molecule has 0 spiro atoms. The second-order valence-corrected chi connectivity index (χ2v) is 5.02. The molecule has 0 fully saturated rings. The van der Waals surface area contributed by atoms with Crippen LogP contribution in [0.5, 0.6) is 0 Å². The summed E-state index contributed by atoms with van der Waals surface area (Å²) in [6.45, 7) is 3.73. The van der Waals surface area contributed by atoms with Gasteiger partial charge >= 0.3 is 0 Å². The Labute approximate surface area is 116 Å². The zero-order chi connectivity index (χ0) is 14.0. The van der Waals surface area contributed by atoms with E-state index in [0.717, 1.165) is 17.0 Å². The minimum Gasteiger partial charge on any atom is -0.388 e. The van der Waals surface area contributed by atoms with E-state index < -0.39 is 11.9 Å². The quantitative estimate of drug-likeness (QED) is 0.928. The summed E-state index contributed by atoms with van der Waals surface area (Å²) < 4.78 is 13.8. The molecule has 4 heteroatoms. The molecule has 0 saturated carbocycles. The number of aliphatic hydroxyl groups excluding tert-OH is 1. The van der Waals surface area contributed by atoms with Gasteiger partial charge in [-0.1, -0.05) is 23.7 Å². The van der Waals surface area contributed by atoms with Gasteiger partial charge in [-0.3, -0.25) is 4.98 Å². The molecule has 1 N–H and O–H groups in total. The second-order valence-electron chi connectivity index (χ2n) is 4.62. The summed E-state index contributed by atoms with van der Waals surface area (Å²) in [5.74, 6) is -0.467. The number of aryl methyl sites for hydroxylation is 2. The fourth-order valence-electron chi connectivity index (χ4n) is 2.09. The first-order chi connectivity index (χ1) is 8.97. The standard InChI is InChI=1S/C15H15ClFNO/c1-9-6-12(7-10(2)18-9)14(19)8-11-4-3-5-13(16)15(11)17/h3-7,14,19H,8H2,1-2H3. The van der Waals surface area contributed by atoms with Crippen molar-refractivity contribution in [3.63, 3.8) is 0 Å². The minimum absolute atomic E-state index is 0.0757. The monoisotopic (exact) mass is 279 g/mol. The molecule has 0 aliphatic rings. The van der Waals surface area contributed by atoms with Crippen molar-refractivity contribution in [3.05, 3.63) is 63.7 Å². The van der Waals surface area contributed by atoms with Gasteiger partial charge in [0.1, 0.15) is 5.82 Å². The maximum Gasteiger partial charge on any atom is 0.145 e. The largest absolute Gasteiger partial charge is 0.388 e. The molecule has 100 valence electrons. The third kappa shape index (κ3) is 3.31. The first kappa shape index (κ1) is 14.0. The molecule has 0 bridgehead atoms. The Morgan fingerprint density at radius 1 is 1.26 bits per heavy atom. The van der Waals surface area contributed by atoms with Crippen molar-refractivity contribution in [3.8, 4) is 0 Å². The molecule has 0 radical (unpaired) electrons. The molecule has 0 aliphatic heterocycles. The Morgan fingerprint density at radius 2 is 1.89 bits per heavy atom. The van der Waals surface area contributed by atoms with Gasteiger partial charge < -0.3 is 5.11 Å². The average Bonchev–Trinajstić information content (AvgIpc) is 2.33. The smallest absolute Gasteiger partial charge is 0.145 e. The van der Waals surface area contributed by atoms with E-state index in [-0.39, 0.29) is 11.4 Å². The van der Waals surface area contributed by atoms with Crippen LogP contribution in [0.15, 0.2) is 30.3 Å². The second kappa shape index (κ2) is 5.68. The fourth-order valence-corrected chi connectivity index (χ4v) is 2.29. The number of benzene rings is 1. The molecule has 0 saturated heterocycles. The van der Waals surface area contributed by atoms with Crippen LogP contribution >= 0.6 is 11.6 Å². The van der Waals surface area contributed by atoms with Crippen molar-refractivity contribution in [2.45, 2.75) is 26.4 Å². The van der Waals surface area contributed by atoms with Crippen LogP contribution in [0.4, 0.5) is 4.39 Å². The van der Waals surface area contributed by atoms with Gasteiger partial charge in [0.2, 0.25) is 0 Å². The van der Waals surface area contributed by atoms with Crippen molar-refractivity contribution < 1.29 is 9.50 Å². The molecule has 19 heavy (non-hydrogen) atoms. The van der Waals surface area contributed by atoms with E-state index in [1.54, 1.807) is 24.3 Å². The van der Waals surface area contributed by atoms with Gasteiger partial charge in [-0.05, 0) is 43.2 Å². The maximum atomic E-state index is 13.8. The van der Waals surface area contributed by atoms with Gasteiger partial charge in [0.25, 0.3) is 0 Å². The Hall–Kier alpha value is -1.45. The van der Waals surface area contributed by atoms with Gasteiger partial charge in [-0.15, -0.1) is 0 Å². The van der Waals surface area contributed by atoms with Crippen LogP contribution in [0.3, 0.4) is 0 Å².